The summed E-state index contributed by atoms with van der Waals surface area (Å²) in [5, 5.41) is 3.60. The van der Waals surface area contributed by atoms with Gasteiger partial charge in [-0.3, -0.25) is 0 Å². The van der Waals surface area contributed by atoms with Gasteiger partial charge in [0.15, 0.2) is 0 Å². The Labute approximate surface area is 115 Å². The first-order valence-electron chi connectivity index (χ1n) is 6.76. The van der Waals surface area contributed by atoms with Gasteiger partial charge < -0.3 is 10.1 Å². The Bertz CT molecular complexity index is 352. The summed E-state index contributed by atoms with van der Waals surface area (Å²) in [6.07, 6.45) is 6.16. The number of hydrogen-bond donors (Lipinski definition) is 1. The fourth-order valence-electron chi connectivity index (χ4n) is 2.60. The number of halogens is 1. The number of methoxy groups -OCH3 is 1. The van der Waals surface area contributed by atoms with Crippen molar-refractivity contribution in [3.05, 3.63) is 29.8 Å². The van der Waals surface area contributed by atoms with E-state index in [1.54, 1.807) is 0 Å². The lowest BCUT2D eigenvalue weighted by molar-refractivity contribution is 0.0669. The van der Waals surface area contributed by atoms with Crippen LogP contribution in [0.4, 0.5) is 5.69 Å². The van der Waals surface area contributed by atoms with E-state index in [1.165, 1.54) is 30.5 Å². The molecule has 1 saturated carbocycles. The molecule has 0 bridgehead atoms. The molecule has 3 heteroatoms. The molecule has 0 heterocycles. The third-order valence-corrected chi connectivity index (χ3v) is 3.86. The van der Waals surface area contributed by atoms with E-state index in [0.717, 1.165) is 12.8 Å². The minimum atomic E-state index is 0.423. The molecule has 18 heavy (non-hydrogen) atoms. The number of aryl methyl sites for hydroxylation is 1. The van der Waals surface area contributed by atoms with Gasteiger partial charge in [0.05, 0.1) is 6.10 Å². The monoisotopic (exact) mass is 267 g/mol. The quantitative estimate of drug-likeness (QED) is 0.819. The van der Waals surface area contributed by atoms with Gasteiger partial charge in [-0.2, -0.15) is 0 Å². The molecule has 1 fully saturated rings. The number of benzene rings is 1. The van der Waals surface area contributed by atoms with E-state index < -0.39 is 0 Å². The minimum absolute atomic E-state index is 0.423. The van der Waals surface area contributed by atoms with Gasteiger partial charge in [0.1, 0.15) is 0 Å². The molecule has 0 saturated heterocycles. The molecule has 0 radical (unpaired) electrons. The third kappa shape index (κ3) is 3.89. The average molecular weight is 268 g/mol. The van der Waals surface area contributed by atoms with Crippen molar-refractivity contribution in [1.82, 2.24) is 0 Å². The largest absolute Gasteiger partial charge is 0.382 e. The van der Waals surface area contributed by atoms with Gasteiger partial charge in [0.25, 0.3) is 0 Å². The predicted octanol–water partition coefficient (Wildman–Crippen LogP) is 3.84. The van der Waals surface area contributed by atoms with Gasteiger partial charge in [-0.05, 0) is 49.8 Å². The normalized spacial score (nSPS) is 23.9. The van der Waals surface area contributed by atoms with E-state index in [0.29, 0.717) is 18.0 Å². The zero-order chi connectivity index (χ0) is 12.8. The van der Waals surface area contributed by atoms with Crippen LogP contribution >= 0.6 is 11.6 Å². The molecular formula is C15H22ClNO. The first-order valence-corrected chi connectivity index (χ1v) is 7.29. The van der Waals surface area contributed by atoms with Crippen molar-refractivity contribution in [3.63, 3.8) is 0 Å². The molecule has 0 aliphatic heterocycles. The van der Waals surface area contributed by atoms with Crippen molar-refractivity contribution in [2.75, 3.05) is 18.3 Å². The van der Waals surface area contributed by atoms with Crippen molar-refractivity contribution in [3.8, 4) is 0 Å². The second-order valence-electron chi connectivity index (χ2n) is 5.00. The Balaban J connectivity index is 1.88. The second kappa shape index (κ2) is 7.01. The highest BCUT2D eigenvalue weighted by Crippen LogP contribution is 2.24. The molecule has 0 spiro atoms. The van der Waals surface area contributed by atoms with E-state index in [9.17, 15) is 0 Å². The van der Waals surface area contributed by atoms with Crippen molar-refractivity contribution in [1.29, 1.82) is 0 Å². The summed E-state index contributed by atoms with van der Waals surface area (Å²) in [4.78, 5) is 0. The van der Waals surface area contributed by atoms with E-state index in [1.807, 2.05) is 7.11 Å². The summed E-state index contributed by atoms with van der Waals surface area (Å²) in [5.41, 5.74) is 2.50. The van der Waals surface area contributed by atoms with Crippen LogP contribution in [0.25, 0.3) is 0 Å². The molecule has 100 valence electrons. The van der Waals surface area contributed by atoms with E-state index in [2.05, 4.69) is 29.6 Å². The smallest absolute Gasteiger partial charge is 0.0590 e. The van der Waals surface area contributed by atoms with Crippen LogP contribution in [-0.2, 0) is 11.2 Å². The fourth-order valence-corrected chi connectivity index (χ4v) is 2.82. The molecule has 1 aromatic rings. The molecule has 1 aliphatic carbocycles. The lowest BCUT2D eigenvalue weighted by Crippen LogP contribution is -2.30. The Kier molecular flexibility index (Phi) is 5.33. The maximum Gasteiger partial charge on any atom is 0.0590 e. The van der Waals surface area contributed by atoms with E-state index in [4.69, 9.17) is 16.3 Å². The molecule has 0 amide bonds. The molecule has 1 N–H and O–H groups in total. The maximum absolute atomic E-state index is 5.73. The Hall–Kier alpha value is -0.730. The van der Waals surface area contributed by atoms with Crippen molar-refractivity contribution >= 4 is 17.3 Å². The molecule has 2 atom stereocenters. The summed E-state index contributed by atoms with van der Waals surface area (Å²) in [6.45, 7) is 0. The van der Waals surface area contributed by atoms with Crippen molar-refractivity contribution in [2.24, 2.45) is 0 Å². The number of anilines is 1. The molecule has 2 unspecified atom stereocenters. The second-order valence-corrected chi connectivity index (χ2v) is 5.38. The molecule has 2 rings (SSSR count). The minimum Gasteiger partial charge on any atom is -0.382 e. The summed E-state index contributed by atoms with van der Waals surface area (Å²) in [6, 6.07) is 9.15. The summed E-state index contributed by atoms with van der Waals surface area (Å²) in [7, 11) is 1.81. The van der Waals surface area contributed by atoms with Crippen LogP contribution in [0.1, 0.15) is 31.2 Å². The van der Waals surface area contributed by atoms with Crippen molar-refractivity contribution < 1.29 is 4.74 Å². The van der Waals surface area contributed by atoms with Crippen LogP contribution in [0.2, 0.25) is 0 Å². The highest BCUT2D eigenvalue weighted by molar-refractivity contribution is 6.17. The predicted molar refractivity (Wildman–Crippen MR) is 77.5 cm³/mol. The summed E-state index contributed by atoms with van der Waals surface area (Å²) in [5.74, 6) is 0.685. The van der Waals surface area contributed by atoms with Gasteiger partial charge in [-0.15, -0.1) is 11.6 Å². The van der Waals surface area contributed by atoms with Gasteiger partial charge >= 0.3 is 0 Å². The van der Waals surface area contributed by atoms with E-state index in [-0.39, 0.29) is 0 Å². The van der Waals surface area contributed by atoms with E-state index >= 15 is 0 Å². The molecule has 0 aromatic heterocycles. The zero-order valence-corrected chi connectivity index (χ0v) is 11.7. The van der Waals surface area contributed by atoms with Gasteiger partial charge in [-0.25, -0.2) is 0 Å². The number of hydrogen-bond acceptors (Lipinski definition) is 2. The molecule has 1 aromatic carbocycles. The SMILES string of the molecule is COC1CCCC(Nc2ccc(CCCl)cc2)C1. The number of alkyl halides is 1. The van der Waals surface area contributed by atoms with Crippen LogP contribution in [0.15, 0.2) is 24.3 Å². The summed E-state index contributed by atoms with van der Waals surface area (Å²) >= 11 is 5.73. The highest BCUT2D eigenvalue weighted by atomic mass is 35.5. The molecule has 2 nitrogen and oxygen atoms in total. The van der Waals surface area contributed by atoms with Crippen LogP contribution in [-0.4, -0.2) is 25.1 Å². The number of ether oxygens (including phenoxy) is 1. The topological polar surface area (TPSA) is 21.3 Å². The number of nitrogens with one attached hydrogen (secondary N) is 1. The van der Waals surface area contributed by atoms with Crippen LogP contribution in [0.5, 0.6) is 0 Å². The first kappa shape index (κ1) is 13.7. The Morgan fingerprint density at radius 2 is 2.06 bits per heavy atom. The van der Waals surface area contributed by atoms with Crippen LogP contribution in [0.3, 0.4) is 0 Å². The molecular weight excluding hydrogens is 246 g/mol. The standard InChI is InChI=1S/C15H22ClNO/c1-18-15-4-2-3-14(11-15)17-13-7-5-12(6-8-13)9-10-16/h5-8,14-15,17H,2-4,9-11H2,1H3. The third-order valence-electron chi connectivity index (χ3n) is 3.67. The molecule has 1 aliphatic rings. The van der Waals surface area contributed by atoms with Crippen LogP contribution < -0.4 is 5.32 Å². The van der Waals surface area contributed by atoms with Gasteiger partial charge in [0, 0.05) is 24.7 Å². The number of rotatable bonds is 5. The Morgan fingerprint density at radius 1 is 1.28 bits per heavy atom. The highest BCUT2D eigenvalue weighted by Gasteiger charge is 2.21. The van der Waals surface area contributed by atoms with Crippen molar-refractivity contribution in [2.45, 2.75) is 44.2 Å². The lowest BCUT2D eigenvalue weighted by Gasteiger charge is -2.29. The maximum atomic E-state index is 5.73. The zero-order valence-electron chi connectivity index (χ0n) is 11.0. The van der Waals surface area contributed by atoms with Crippen LogP contribution in [0, 0.1) is 0 Å². The average Bonchev–Trinajstić information content (AvgIpc) is 2.42. The van der Waals surface area contributed by atoms with Gasteiger partial charge in [0.2, 0.25) is 0 Å². The summed E-state index contributed by atoms with van der Waals surface area (Å²) < 4.78 is 5.46. The Morgan fingerprint density at radius 3 is 2.72 bits per heavy atom. The fraction of sp³-hybridized carbons (Fsp3) is 0.600. The lowest BCUT2D eigenvalue weighted by atomic mass is 9.92. The van der Waals surface area contributed by atoms with Gasteiger partial charge in [-0.1, -0.05) is 12.1 Å². The first-order chi connectivity index (χ1) is 8.81.